The quantitative estimate of drug-likeness (QED) is 0.846. The molecule has 1 amide bonds. The van der Waals surface area contributed by atoms with Gasteiger partial charge in [-0.3, -0.25) is 4.79 Å². The summed E-state index contributed by atoms with van der Waals surface area (Å²) in [5, 5.41) is 11.9. The van der Waals surface area contributed by atoms with Crippen LogP contribution >= 0.6 is 0 Å². The van der Waals surface area contributed by atoms with Crippen LogP contribution in [-0.2, 0) is 16.0 Å². The Morgan fingerprint density at radius 3 is 2.32 bits per heavy atom. The summed E-state index contributed by atoms with van der Waals surface area (Å²) in [5.74, 6) is -1.41. The minimum absolute atomic E-state index is 0.289. The first-order valence-corrected chi connectivity index (χ1v) is 7.43. The van der Waals surface area contributed by atoms with E-state index in [9.17, 15) is 9.59 Å². The molecule has 0 radical (unpaired) electrons. The van der Waals surface area contributed by atoms with Crippen LogP contribution in [0.15, 0.2) is 30.3 Å². The number of rotatable bonds is 6. The average Bonchev–Trinajstić information content (AvgIpc) is 2.37. The lowest BCUT2D eigenvalue weighted by Crippen LogP contribution is -2.41. The molecule has 5 heteroatoms. The number of amides is 1. The monoisotopic (exact) mass is 307 g/mol. The number of carboxylic acid groups (broad SMARTS) is 1. The van der Waals surface area contributed by atoms with E-state index >= 15 is 0 Å². The highest BCUT2D eigenvalue weighted by atomic mass is 16.6. The van der Waals surface area contributed by atoms with Gasteiger partial charge in [-0.1, -0.05) is 37.3 Å². The normalized spacial score (nSPS) is 14.0. The highest BCUT2D eigenvalue weighted by Crippen LogP contribution is 2.14. The maximum atomic E-state index is 11.9. The van der Waals surface area contributed by atoms with Crippen LogP contribution in [-0.4, -0.2) is 28.8 Å². The van der Waals surface area contributed by atoms with Crippen LogP contribution in [0.1, 0.15) is 39.7 Å². The number of ether oxygens (including phenoxy) is 1. The molecule has 0 aromatic heterocycles. The fraction of sp³-hybridized carbons (Fsp3) is 0.529. The smallest absolute Gasteiger partial charge is 0.407 e. The lowest BCUT2D eigenvalue weighted by molar-refractivity contribution is -0.141. The zero-order chi connectivity index (χ0) is 16.8. The molecule has 0 aliphatic heterocycles. The molecule has 0 heterocycles. The molecule has 1 aromatic carbocycles. The summed E-state index contributed by atoms with van der Waals surface area (Å²) in [6.45, 7) is 7.01. The molecule has 0 fully saturated rings. The van der Waals surface area contributed by atoms with E-state index < -0.39 is 23.6 Å². The van der Waals surface area contributed by atoms with E-state index in [1.165, 1.54) is 0 Å². The molecule has 22 heavy (non-hydrogen) atoms. The number of benzene rings is 1. The van der Waals surface area contributed by atoms with Crippen molar-refractivity contribution in [3.8, 4) is 0 Å². The Morgan fingerprint density at radius 1 is 1.23 bits per heavy atom. The topological polar surface area (TPSA) is 75.6 Å². The van der Waals surface area contributed by atoms with Crippen LogP contribution in [0.25, 0.3) is 0 Å². The van der Waals surface area contributed by atoms with Crippen molar-refractivity contribution in [1.82, 2.24) is 5.32 Å². The van der Waals surface area contributed by atoms with Crippen molar-refractivity contribution in [2.24, 2.45) is 5.92 Å². The largest absolute Gasteiger partial charge is 0.481 e. The summed E-state index contributed by atoms with van der Waals surface area (Å²) >= 11 is 0. The van der Waals surface area contributed by atoms with Crippen LogP contribution in [0.3, 0.4) is 0 Å². The molecular weight excluding hydrogens is 282 g/mol. The first-order valence-electron chi connectivity index (χ1n) is 7.43. The zero-order valence-electron chi connectivity index (χ0n) is 13.6. The van der Waals surface area contributed by atoms with Crippen molar-refractivity contribution in [1.29, 1.82) is 0 Å². The molecule has 5 nitrogen and oxygen atoms in total. The second kappa shape index (κ2) is 7.82. The summed E-state index contributed by atoms with van der Waals surface area (Å²) in [5.41, 5.74) is 0.459. The molecule has 0 bridgehead atoms. The molecule has 0 saturated carbocycles. The molecule has 0 spiro atoms. The molecule has 1 rings (SSSR count). The predicted octanol–water partition coefficient (Wildman–Crippen LogP) is 3.23. The van der Waals surface area contributed by atoms with Crippen molar-refractivity contribution < 1.29 is 19.4 Å². The number of alkyl carbamates (subject to hydrolysis) is 1. The number of hydrogen-bond acceptors (Lipinski definition) is 3. The molecule has 122 valence electrons. The number of aliphatic carboxylic acids is 1. The SMILES string of the molecule is CC(C[C@@H](Cc1ccccc1)NC(=O)OC(C)(C)C)C(=O)O. The van der Waals surface area contributed by atoms with E-state index in [0.29, 0.717) is 12.8 Å². The van der Waals surface area contributed by atoms with Crippen LogP contribution in [0.2, 0.25) is 0 Å². The molecule has 0 saturated heterocycles. The molecular formula is C17H25NO4. The van der Waals surface area contributed by atoms with Gasteiger partial charge in [0.2, 0.25) is 0 Å². The number of nitrogens with one attached hydrogen (secondary N) is 1. The van der Waals surface area contributed by atoms with Gasteiger partial charge in [0.05, 0.1) is 5.92 Å². The first-order chi connectivity index (χ1) is 10.2. The third kappa shape index (κ3) is 7.11. The van der Waals surface area contributed by atoms with Gasteiger partial charge in [-0.2, -0.15) is 0 Å². The maximum Gasteiger partial charge on any atom is 0.407 e. The van der Waals surface area contributed by atoms with E-state index in [2.05, 4.69) is 5.32 Å². The van der Waals surface area contributed by atoms with Gasteiger partial charge in [-0.15, -0.1) is 0 Å². The molecule has 2 N–H and O–H groups in total. The van der Waals surface area contributed by atoms with Crippen molar-refractivity contribution in [3.63, 3.8) is 0 Å². The molecule has 1 unspecified atom stereocenters. The summed E-state index contributed by atoms with van der Waals surface area (Å²) < 4.78 is 5.25. The van der Waals surface area contributed by atoms with E-state index in [-0.39, 0.29) is 6.04 Å². The second-order valence-corrected chi connectivity index (χ2v) is 6.51. The van der Waals surface area contributed by atoms with Gasteiger partial charge in [0.25, 0.3) is 0 Å². The Kier molecular flexibility index (Phi) is 6.40. The van der Waals surface area contributed by atoms with Crippen molar-refractivity contribution in [2.45, 2.75) is 52.2 Å². The van der Waals surface area contributed by atoms with E-state index in [4.69, 9.17) is 9.84 Å². The van der Waals surface area contributed by atoms with Gasteiger partial charge >= 0.3 is 12.1 Å². The predicted molar refractivity (Wildman–Crippen MR) is 84.7 cm³/mol. The number of carboxylic acids is 1. The Labute approximate surface area is 131 Å². The fourth-order valence-electron chi connectivity index (χ4n) is 2.09. The van der Waals surface area contributed by atoms with Crippen molar-refractivity contribution in [3.05, 3.63) is 35.9 Å². The summed E-state index contributed by atoms with van der Waals surface area (Å²) in [7, 11) is 0. The van der Waals surface area contributed by atoms with Crippen molar-refractivity contribution in [2.75, 3.05) is 0 Å². The minimum Gasteiger partial charge on any atom is -0.481 e. The lowest BCUT2D eigenvalue weighted by Gasteiger charge is -2.24. The number of hydrogen-bond donors (Lipinski definition) is 2. The average molecular weight is 307 g/mol. The van der Waals surface area contributed by atoms with Gasteiger partial charge < -0.3 is 15.2 Å². The Balaban J connectivity index is 2.73. The zero-order valence-corrected chi connectivity index (χ0v) is 13.6. The molecule has 0 aliphatic rings. The van der Waals surface area contributed by atoms with Crippen LogP contribution in [0, 0.1) is 5.92 Å². The summed E-state index contributed by atoms with van der Waals surface area (Å²) in [6, 6.07) is 9.37. The maximum absolute atomic E-state index is 11.9. The Bertz CT molecular complexity index is 493. The van der Waals surface area contributed by atoms with E-state index in [1.807, 2.05) is 30.3 Å². The number of carbonyl (C=O) groups is 2. The van der Waals surface area contributed by atoms with Gasteiger partial charge in [0.15, 0.2) is 0 Å². The van der Waals surface area contributed by atoms with Crippen LogP contribution in [0.4, 0.5) is 4.79 Å². The minimum atomic E-state index is -0.871. The third-order valence-electron chi connectivity index (χ3n) is 3.11. The van der Waals surface area contributed by atoms with Gasteiger partial charge in [-0.25, -0.2) is 4.79 Å². The first kappa shape index (κ1) is 18.0. The second-order valence-electron chi connectivity index (χ2n) is 6.51. The molecule has 0 aliphatic carbocycles. The number of carbonyl (C=O) groups excluding carboxylic acids is 1. The lowest BCUT2D eigenvalue weighted by atomic mass is 9.96. The summed E-state index contributed by atoms with van der Waals surface area (Å²) in [4.78, 5) is 23.0. The van der Waals surface area contributed by atoms with Crippen LogP contribution in [0.5, 0.6) is 0 Å². The van der Waals surface area contributed by atoms with E-state index in [1.54, 1.807) is 27.7 Å². The van der Waals surface area contributed by atoms with E-state index in [0.717, 1.165) is 5.56 Å². The third-order valence-corrected chi connectivity index (χ3v) is 3.11. The Hall–Kier alpha value is -2.04. The fourth-order valence-corrected chi connectivity index (χ4v) is 2.09. The van der Waals surface area contributed by atoms with Crippen molar-refractivity contribution >= 4 is 12.1 Å². The standard InChI is InChI=1S/C17H25NO4/c1-12(15(19)20)10-14(11-13-8-6-5-7-9-13)18-16(21)22-17(2,3)4/h5-9,12,14H,10-11H2,1-4H3,(H,18,21)(H,19,20)/t12?,14-/m0/s1. The highest BCUT2D eigenvalue weighted by molar-refractivity contribution is 5.70. The summed E-state index contributed by atoms with van der Waals surface area (Å²) in [6.07, 6.45) is 0.396. The van der Waals surface area contributed by atoms with Gasteiger partial charge in [-0.05, 0) is 39.2 Å². The van der Waals surface area contributed by atoms with Crippen LogP contribution < -0.4 is 5.32 Å². The molecule has 1 aromatic rings. The highest BCUT2D eigenvalue weighted by Gasteiger charge is 2.23. The van der Waals surface area contributed by atoms with Gasteiger partial charge in [0, 0.05) is 6.04 Å². The molecule has 2 atom stereocenters. The Morgan fingerprint density at radius 2 is 1.82 bits per heavy atom. The van der Waals surface area contributed by atoms with Gasteiger partial charge in [0.1, 0.15) is 5.60 Å².